The van der Waals surface area contributed by atoms with Gasteiger partial charge in [0, 0.05) is 24.0 Å². The molecule has 0 aromatic heterocycles. The van der Waals surface area contributed by atoms with Crippen LogP contribution in [0.5, 0.6) is 0 Å². The smallest absolute Gasteiger partial charge is 0.317 e. The van der Waals surface area contributed by atoms with Crippen LogP contribution in [0.4, 0.5) is 4.79 Å². The van der Waals surface area contributed by atoms with Crippen molar-refractivity contribution in [3.05, 3.63) is 35.9 Å². The Bertz CT molecular complexity index is 483. The highest BCUT2D eigenvalue weighted by atomic mass is 16.3. The minimum atomic E-state index is -0.139. The van der Waals surface area contributed by atoms with E-state index < -0.39 is 0 Å². The first kappa shape index (κ1) is 16.8. The molecule has 4 nitrogen and oxygen atoms in total. The molecule has 1 aromatic rings. The fraction of sp³-hybridized carbons (Fsp3) is 0.611. The van der Waals surface area contributed by atoms with Gasteiger partial charge in [0.05, 0.1) is 6.61 Å². The third-order valence-electron chi connectivity index (χ3n) is 4.68. The monoisotopic (exact) mass is 304 g/mol. The number of amides is 2. The summed E-state index contributed by atoms with van der Waals surface area (Å²) in [5.41, 5.74) is 1.09. The molecule has 0 heterocycles. The van der Waals surface area contributed by atoms with Crippen LogP contribution in [0.15, 0.2) is 30.3 Å². The fourth-order valence-corrected chi connectivity index (χ4v) is 3.04. The molecule has 2 amide bonds. The maximum atomic E-state index is 12.6. The van der Waals surface area contributed by atoms with E-state index in [0.717, 1.165) is 19.3 Å². The van der Waals surface area contributed by atoms with E-state index >= 15 is 0 Å². The molecule has 122 valence electrons. The summed E-state index contributed by atoms with van der Waals surface area (Å²) in [6.07, 6.45) is 2.96. The van der Waals surface area contributed by atoms with Crippen LogP contribution in [0.2, 0.25) is 0 Å². The molecule has 4 heteroatoms. The Labute approximate surface area is 133 Å². The predicted octanol–water partition coefficient (Wildman–Crippen LogP) is 2.91. The molecule has 1 atom stereocenters. The van der Waals surface area contributed by atoms with Crippen molar-refractivity contribution in [1.29, 1.82) is 0 Å². The number of hydrogen-bond acceptors (Lipinski definition) is 2. The highest BCUT2D eigenvalue weighted by Crippen LogP contribution is 2.30. The Morgan fingerprint density at radius 1 is 1.36 bits per heavy atom. The van der Waals surface area contributed by atoms with E-state index in [0.29, 0.717) is 12.6 Å². The lowest BCUT2D eigenvalue weighted by molar-refractivity contribution is 0.165. The van der Waals surface area contributed by atoms with E-state index in [1.807, 2.05) is 18.2 Å². The average molecular weight is 304 g/mol. The molecule has 1 unspecified atom stereocenters. The van der Waals surface area contributed by atoms with Gasteiger partial charge in [-0.25, -0.2) is 4.79 Å². The van der Waals surface area contributed by atoms with Crippen molar-refractivity contribution in [2.24, 2.45) is 0 Å². The van der Waals surface area contributed by atoms with Crippen molar-refractivity contribution in [2.75, 3.05) is 13.2 Å². The number of carbonyl (C=O) groups is 1. The molecule has 0 bridgehead atoms. The van der Waals surface area contributed by atoms with Gasteiger partial charge in [-0.15, -0.1) is 0 Å². The molecule has 1 fully saturated rings. The summed E-state index contributed by atoms with van der Waals surface area (Å²) < 4.78 is 0. The van der Waals surface area contributed by atoms with Crippen molar-refractivity contribution < 1.29 is 9.90 Å². The molecule has 0 radical (unpaired) electrons. The number of nitrogens with zero attached hydrogens (tertiary/aromatic N) is 1. The maximum Gasteiger partial charge on any atom is 0.317 e. The van der Waals surface area contributed by atoms with Crippen LogP contribution in [0, 0.1) is 0 Å². The minimum Gasteiger partial charge on any atom is -0.395 e. The lowest BCUT2D eigenvalue weighted by atomic mass is 9.76. The van der Waals surface area contributed by atoms with E-state index in [4.69, 9.17) is 5.11 Å². The van der Waals surface area contributed by atoms with Gasteiger partial charge in [-0.05, 0) is 24.8 Å². The van der Waals surface area contributed by atoms with Crippen LogP contribution < -0.4 is 5.32 Å². The van der Waals surface area contributed by atoms with Gasteiger partial charge in [0.2, 0.25) is 0 Å². The summed E-state index contributed by atoms with van der Waals surface area (Å²) in [6.45, 7) is 6.87. The first-order chi connectivity index (χ1) is 10.5. The average Bonchev–Trinajstić information content (AvgIpc) is 3.35. The second-order valence-corrected chi connectivity index (χ2v) is 6.65. The summed E-state index contributed by atoms with van der Waals surface area (Å²) in [5, 5.41) is 12.4. The SMILES string of the molecule is CCC(NC(=O)N(CCO)C1CC1)C(C)(C)c1ccccc1. The lowest BCUT2D eigenvalue weighted by Crippen LogP contribution is -2.52. The van der Waals surface area contributed by atoms with Gasteiger partial charge < -0.3 is 15.3 Å². The molecular weight excluding hydrogens is 276 g/mol. The van der Waals surface area contributed by atoms with Gasteiger partial charge in [0.1, 0.15) is 0 Å². The van der Waals surface area contributed by atoms with Crippen LogP contribution in [-0.4, -0.2) is 41.3 Å². The normalized spacial score (nSPS) is 16.2. The van der Waals surface area contributed by atoms with Crippen LogP contribution in [0.3, 0.4) is 0 Å². The number of nitrogens with one attached hydrogen (secondary N) is 1. The van der Waals surface area contributed by atoms with E-state index in [-0.39, 0.29) is 24.1 Å². The van der Waals surface area contributed by atoms with Crippen molar-refractivity contribution in [2.45, 2.75) is 57.5 Å². The van der Waals surface area contributed by atoms with Crippen LogP contribution in [-0.2, 0) is 5.41 Å². The molecule has 1 aliphatic rings. The van der Waals surface area contributed by atoms with E-state index in [2.05, 4.69) is 38.2 Å². The highest BCUT2D eigenvalue weighted by Gasteiger charge is 2.36. The second kappa shape index (κ2) is 7.14. The van der Waals surface area contributed by atoms with Crippen molar-refractivity contribution in [3.8, 4) is 0 Å². The van der Waals surface area contributed by atoms with Gasteiger partial charge in [0.25, 0.3) is 0 Å². The number of aliphatic hydroxyl groups excluding tert-OH is 1. The maximum absolute atomic E-state index is 12.6. The fourth-order valence-electron chi connectivity index (χ4n) is 3.04. The topological polar surface area (TPSA) is 52.6 Å². The Hall–Kier alpha value is -1.55. The summed E-state index contributed by atoms with van der Waals surface area (Å²) in [7, 11) is 0. The van der Waals surface area contributed by atoms with Crippen LogP contribution >= 0.6 is 0 Å². The van der Waals surface area contributed by atoms with Crippen molar-refractivity contribution in [1.82, 2.24) is 10.2 Å². The predicted molar refractivity (Wildman–Crippen MR) is 88.9 cm³/mol. The number of urea groups is 1. The zero-order valence-electron chi connectivity index (χ0n) is 13.9. The first-order valence-electron chi connectivity index (χ1n) is 8.24. The summed E-state index contributed by atoms with van der Waals surface area (Å²) in [5.74, 6) is 0. The molecule has 22 heavy (non-hydrogen) atoms. The molecular formula is C18H28N2O2. The number of aliphatic hydroxyl groups is 1. The highest BCUT2D eigenvalue weighted by molar-refractivity contribution is 5.75. The quantitative estimate of drug-likeness (QED) is 0.814. The number of hydrogen-bond donors (Lipinski definition) is 2. The molecule has 2 rings (SSSR count). The largest absolute Gasteiger partial charge is 0.395 e. The Morgan fingerprint density at radius 3 is 2.50 bits per heavy atom. The molecule has 1 aromatic carbocycles. The van der Waals surface area contributed by atoms with E-state index in [9.17, 15) is 4.79 Å². The summed E-state index contributed by atoms with van der Waals surface area (Å²) >= 11 is 0. The number of carbonyl (C=O) groups excluding carboxylic acids is 1. The second-order valence-electron chi connectivity index (χ2n) is 6.65. The third-order valence-corrected chi connectivity index (χ3v) is 4.68. The van der Waals surface area contributed by atoms with Crippen molar-refractivity contribution >= 4 is 6.03 Å². The molecule has 2 N–H and O–H groups in total. The van der Waals surface area contributed by atoms with Gasteiger partial charge in [-0.3, -0.25) is 0 Å². The zero-order chi connectivity index (χ0) is 16.2. The molecule has 0 aliphatic heterocycles. The van der Waals surface area contributed by atoms with E-state index in [1.165, 1.54) is 5.56 Å². The van der Waals surface area contributed by atoms with Gasteiger partial charge in [0.15, 0.2) is 0 Å². The zero-order valence-corrected chi connectivity index (χ0v) is 13.9. The number of rotatable bonds is 7. The summed E-state index contributed by atoms with van der Waals surface area (Å²) in [6, 6.07) is 10.6. The first-order valence-corrected chi connectivity index (χ1v) is 8.24. The Kier molecular flexibility index (Phi) is 5.46. The molecule has 0 saturated heterocycles. The number of benzene rings is 1. The standard InChI is InChI=1S/C18H28N2O2/c1-4-16(18(2,3)14-8-6-5-7-9-14)19-17(22)20(12-13-21)15-10-11-15/h5-9,15-16,21H,4,10-13H2,1-3H3,(H,19,22). The van der Waals surface area contributed by atoms with Crippen molar-refractivity contribution in [3.63, 3.8) is 0 Å². The van der Waals surface area contributed by atoms with E-state index in [1.54, 1.807) is 4.90 Å². The molecule has 1 saturated carbocycles. The summed E-state index contributed by atoms with van der Waals surface area (Å²) in [4.78, 5) is 14.3. The van der Waals surface area contributed by atoms with Crippen LogP contribution in [0.25, 0.3) is 0 Å². The Morgan fingerprint density at radius 2 is 2.00 bits per heavy atom. The molecule has 1 aliphatic carbocycles. The van der Waals surface area contributed by atoms with Gasteiger partial charge in [-0.1, -0.05) is 51.1 Å². The van der Waals surface area contributed by atoms with Crippen LogP contribution in [0.1, 0.15) is 45.6 Å². The van der Waals surface area contributed by atoms with Gasteiger partial charge >= 0.3 is 6.03 Å². The third kappa shape index (κ3) is 3.80. The minimum absolute atomic E-state index is 0.0167. The van der Waals surface area contributed by atoms with Gasteiger partial charge in [-0.2, -0.15) is 0 Å². The lowest BCUT2D eigenvalue weighted by Gasteiger charge is -2.36. The molecule has 0 spiro atoms. The Balaban J connectivity index is 2.09.